The Labute approximate surface area is 102 Å². The van der Waals surface area contributed by atoms with Crippen molar-refractivity contribution in [3.05, 3.63) is 0 Å². The molecule has 5 nitrogen and oxygen atoms in total. The molecule has 0 spiro atoms. The molecule has 3 atom stereocenters. The van der Waals surface area contributed by atoms with Crippen molar-refractivity contribution in [2.45, 2.75) is 13.3 Å². The summed E-state index contributed by atoms with van der Waals surface area (Å²) in [5.74, 6) is 1.07. The Bertz CT molecular complexity index is 394. The van der Waals surface area contributed by atoms with Crippen LogP contribution in [0.4, 0.5) is 0 Å². The summed E-state index contributed by atoms with van der Waals surface area (Å²) in [6.45, 7) is 4.18. The van der Waals surface area contributed by atoms with Gasteiger partial charge in [-0.15, -0.1) is 0 Å². The molecule has 0 aromatic heterocycles. The van der Waals surface area contributed by atoms with Crippen LogP contribution in [-0.2, 0) is 14.6 Å². The molecule has 3 unspecified atom stereocenters. The Hall–Kier alpha value is -0.620. The van der Waals surface area contributed by atoms with Gasteiger partial charge in [0.1, 0.15) is 0 Å². The van der Waals surface area contributed by atoms with Crippen LogP contribution in [-0.4, -0.2) is 45.5 Å². The van der Waals surface area contributed by atoms with Gasteiger partial charge in [-0.25, -0.2) is 8.42 Å². The molecule has 6 heteroatoms. The maximum atomic E-state index is 11.9. The fourth-order valence-corrected chi connectivity index (χ4v) is 4.43. The molecule has 98 valence electrons. The molecule has 2 saturated heterocycles. The number of nitrogens with one attached hydrogen (secondary N) is 2. The van der Waals surface area contributed by atoms with Crippen LogP contribution in [0.15, 0.2) is 0 Å². The number of hydrogen-bond donors (Lipinski definition) is 2. The van der Waals surface area contributed by atoms with E-state index in [1.54, 1.807) is 0 Å². The minimum Gasteiger partial charge on any atom is -0.356 e. The molecule has 2 fully saturated rings. The molecule has 2 rings (SSSR count). The smallest absolute Gasteiger partial charge is 0.224 e. The van der Waals surface area contributed by atoms with E-state index in [0.29, 0.717) is 18.9 Å². The van der Waals surface area contributed by atoms with Crippen molar-refractivity contribution in [2.75, 3.05) is 31.1 Å². The van der Waals surface area contributed by atoms with Crippen molar-refractivity contribution in [1.29, 1.82) is 0 Å². The molecule has 1 amide bonds. The molecule has 0 bridgehead atoms. The summed E-state index contributed by atoms with van der Waals surface area (Å²) < 4.78 is 22.5. The van der Waals surface area contributed by atoms with Crippen molar-refractivity contribution in [3.8, 4) is 0 Å². The third-order valence-corrected chi connectivity index (χ3v) is 5.58. The number of rotatable bonds is 3. The third kappa shape index (κ3) is 3.19. The second-order valence-corrected chi connectivity index (χ2v) is 7.48. The van der Waals surface area contributed by atoms with Gasteiger partial charge in [0.05, 0.1) is 17.4 Å². The monoisotopic (exact) mass is 260 g/mol. The van der Waals surface area contributed by atoms with Gasteiger partial charge in [-0.3, -0.25) is 4.79 Å². The van der Waals surface area contributed by atoms with Gasteiger partial charge in [0, 0.05) is 13.1 Å². The van der Waals surface area contributed by atoms with Crippen molar-refractivity contribution < 1.29 is 13.2 Å². The van der Waals surface area contributed by atoms with Crippen molar-refractivity contribution >= 4 is 15.7 Å². The highest BCUT2D eigenvalue weighted by molar-refractivity contribution is 7.91. The Morgan fingerprint density at radius 1 is 1.41 bits per heavy atom. The predicted octanol–water partition coefficient (Wildman–Crippen LogP) is -0.607. The average molecular weight is 260 g/mol. The van der Waals surface area contributed by atoms with Crippen LogP contribution in [0, 0.1) is 17.8 Å². The maximum Gasteiger partial charge on any atom is 0.224 e. The number of amides is 1. The van der Waals surface area contributed by atoms with Gasteiger partial charge in [0.25, 0.3) is 0 Å². The van der Waals surface area contributed by atoms with Crippen LogP contribution in [0.3, 0.4) is 0 Å². The first-order valence-corrected chi connectivity index (χ1v) is 7.99. The van der Waals surface area contributed by atoms with E-state index < -0.39 is 9.84 Å². The Morgan fingerprint density at radius 3 is 2.71 bits per heavy atom. The van der Waals surface area contributed by atoms with E-state index in [1.165, 1.54) is 0 Å². The van der Waals surface area contributed by atoms with Crippen LogP contribution < -0.4 is 10.6 Å². The Balaban J connectivity index is 1.77. The van der Waals surface area contributed by atoms with E-state index in [9.17, 15) is 13.2 Å². The van der Waals surface area contributed by atoms with Crippen molar-refractivity contribution in [1.82, 2.24) is 10.6 Å². The summed E-state index contributed by atoms with van der Waals surface area (Å²) in [4.78, 5) is 11.9. The van der Waals surface area contributed by atoms with Crippen LogP contribution in [0.2, 0.25) is 0 Å². The highest BCUT2D eigenvalue weighted by Gasteiger charge is 2.31. The van der Waals surface area contributed by atoms with Crippen LogP contribution in [0.5, 0.6) is 0 Å². The summed E-state index contributed by atoms with van der Waals surface area (Å²) in [5, 5.41) is 6.08. The van der Waals surface area contributed by atoms with E-state index in [-0.39, 0.29) is 29.2 Å². The van der Waals surface area contributed by atoms with Gasteiger partial charge in [-0.1, -0.05) is 6.92 Å². The topological polar surface area (TPSA) is 75.3 Å². The molecule has 2 heterocycles. The lowest BCUT2D eigenvalue weighted by molar-refractivity contribution is -0.125. The summed E-state index contributed by atoms with van der Waals surface area (Å²) in [5.41, 5.74) is 0. The van der Waals surface area contributed by atoms with Crippen LogP contribution in [0.1, 0.15) is 13.3 Å². The van der Waals surface area contributed by atoms with Gasteiger partial charge in [0.2, 0.25) is 5.91 Å². The molecule has 2 aliphatic rings. The lowest BCUT2D eigenvalue weighted by atomic mass is 9.97. The van der Waals surface area contributed by atoms with Gasteiger partial charge < -0.3 is 10.6 Å². The van der Waals surface area contributed by atoms with Gasteiger partial charge in [0.15, 0.2) is 9.84 Å². The van der Waals surface area contributed by atoms with Gasteiger partial charge in [-0.2, -0.15) is 0 Å². The van der Waals surface area contributed by atoms with Gasteiger partial charge in [-0.05, 0) is 24.8 Å². The molecule has 0 aromatic rings. The first-order chi connectivity index (χ1) is 7.98. The molecule has 0 radical (unpaired) electrons. The second-order valence-electron chi connectivity index (χ2n) is 5.26. The zero-order valence-corrected chi connectivity index (χ0v) is 10.9. The van der Waals surface area contributed by atoms with Gasteiger partial charge >= 0.3 is 0 Å². The Kier molecular flexibility index (Phi) is 3.73. The van der Waals surface area contributed by atoms with E-state index in [0.717, 1.165) is 13.1 Å². The Morgan fingerprint density at radius 2 is 2.18 bits per heavy atom. The molecule has 17 heavy (non-hydrogen) atoms. The normalized spacial score (nSPS) is 35.9. The molecule has 2 aliphatic heterocycles. The first-order valence-electron chi connectivity index (χ1n) is 6.17. The minimum absolute atomic E-state index is 0.0352. The summed E-state index contributed by atoms with van der Waals surface area (Å²) in [7, 11) is -2.84. The van der Waals surface area contributed by atoms with E-state index >= 15 is 0 Å². The minimum atomic E-state index is -2.84. The zero-order valence-electron chi connectivity index (χ0n) is 10.1. The second kappa shape index (κ2) is 4.94. The molecule has 2 N–H and O–H groups in total. The quantitative estimate of drug-likeness (QED) is 0.710. The molecule has 0 aliphatic carbocycles. The molecular formula is C11H20N2O3S. The molecule has 0 saturated carbocycles. The molecular weight excluding hydrogens is 240 g/mol. The lowest BCUT2D eigenvalue weighted by Gasteiger charge is -2.16. The summed E-state index contributed by atoms with van der Waals surface area (Å²) >= 11 is 0. The summed E-state index contributed by atoms with van der Waals surface area (Å²) in [6.07, 6.45) is 0.682. The fraction of sp³-hybridized carbons (Fsp3) is 0.909. The van der Waals surface area contributed by atoms with E-state index in [2.05, 4.69) is 17.6 Å². The number of sulfone groups is 1. The average Bonchev–Trinajstić information content (AvgIpc) is 2.81. The van der Waals surface area contributed by atoms with Crippen LogP contribution in [0.25, 0.3) is 0 Å². The largest absolute Gasteiger partial charge is 0.356 e. The molecule has 0 aromatic carbocycles. The van der Waals surface area contributed by atoms with E-state index in [4.69, 9.17) is 0 Å². The lowest BCUT2D eigenvalue weighted by Crippen LogP contribution is -2.37. The number of carbonyl (C=O) groups is 1. The number of carbonyl (C=O) groups excluding carboxylic acids is 1. The highest BCUT2D eigenvalue weighted by Crippen LogP contribution is 2.19. The maximum absolute atomic E-state index is 11.9. The van der Waals surface area contributed by atoms with Crippen molar-refractivity contribution in [2.24, 2.45) is 17.8 Å². The number of hydrogen-bond acceptors (Lipinski definition) is 4. The standard InChI is InChI=1S/C11H20N2O3S/c1-8-4-12-6-10(8)11(14)13-5-9-2-3-17(15,16)7-9/h8-10,12H,2-7H2,1H3,(H,13,14). The van der Waals surface area contributed by atoms with Crippen molar-refractivity contribution in [3.63, 3.8) is 0 Å². The van der Waals surface area contributed by atoms with E-state index in [1.807, 2.05) is 0 Å². The van der Waals surface area contributed by atoms with Crippen LogP contribution >= 0.6 is 0 Å². The zero-order chi connectivity index (χ0) is 12.5. The first kappa shape index (κ1) is 12.8. The fourth-order valence-electron chi connectivity index (χ4n) is 2.57. The SMILES string of the molecule is CC1CNCC1C(=O)NCC1CCS(=O)(=O)C1. The third-order valence-electron chi connectivity index (χ3n) is 3.75. The summed E-state index contributed by atoms with van der Waals surface area (Å²) in [6, 6.07) is 0. The highest BCUT2D eigenvalue weighted by atomic mass is 32.2. The predicted molar refractivity (Wildman–Crippen MR) is 65.3 cm³/mol.